The third kappa shape index (κ3) is 3.69. The average Bonchev–Trinajstić information content (AvgIpc) is 2.40. The van der Waals surface area contributed by atoms with E-state index < -0.39 is 5.82 Å². The van der Waals surface area contributed by atoms with Gasteiger partial charge in [0.15, 0.2) is 11.6 Å². The van der Waals surface area contributed by atoms with Crippen LogP contribution in [0.25, 0.3) is 0 Å². The molecule has 0 aromatic heterocycles. The lowest BCUT2D eigenvalue weighted by atomic mass is 10.1. The smallest absolute Gasteiger partial charge is 0.165 e. The van der Waals surface area contributed by atoms with Crippen LogP contribution in [-0.2, 0) is 13.2 Å². The summed E-state index contributed by atoms with van der Waals surface area (Å²) in [5.74, 6) is -0.216. The zero-order valence-corrected chi connectivity index (χ0v) is 12.3. The lowest BCUT2D eigenvalue weighted by Crippen LogP contribution is -2.00. The van der Waals surface area contributed by atoms with Crippen LogP contribution in [0.5, 0.6) is 5.75 Å². The Labute approximate surface area is 124 Å². The molecule has 2 aromatic carbocycles. The second-order valence-electron chi connectivity index (χ2n) is 3.99. The highest BCUT2D eigenvalue weighted by molar-refractivity contribution is 9.10. The first kappa shape index (κ1) is 14.3. The quantitative estimate of drug-likeness (QED) is 0.898. The SMILES string of the molecule is NCc1ccc(COc2cc(Br)ccc2F)c(Cl)c1. The van der Waals surface area contributed by atoms with E-state index in [-0.39, 0.29) is 12.4 Å². The average molecular weight is 345 g/mol. The van der Waals surface area contributed by atoms with Crippen molar-refractivity contribution in [3.8, 4) is 5.75 Å². The number of ether oxygens (including phenoxy) is 1. The molecule has 0 saturated heterocycles. The van der Waals surface area contributed by atoms with Crippen molar-refractivity contribution in [2.24, 2.45) is 5.73 Å². The van der Waals surface area contributed by atoms with Crippen LogP contribution < -0.4 is 10.5 Å². The minimum Gasteiger partial charge on any atom is -0.486 e. The van der Waals surface area contributed by atoms with Crippen molar-refractivity contribution in [2.75, 3.05) is 0 Å². The van der Waals surface area contributed by atoms with Crippen LogP contribution >= 0.6 is 27.5 Å². The molecule has 2 rings (SSSR count). The van der Waals surface area contributed by atoms with Crippen LogP contribution in [0.1, 0.15) is 11.1 Å². The van der Waals surface area contributed by atoms with Crippen molar-refractivity contribution in [2.45, 2.75) is 13.2 Å². The number of hydrogen-bond donors (Lipinski definition) is 1. The van der Waals surface area contributed by atoms with Gasteiger partial charge in [0.2, 0.25) is 0 Å². The summed E-state index contributed by atoms with van der Waals surface area (Å²) in [6.07, 6.45) is 0. The Morgan fingerprint density at radius 1 is 1.21 bits per heavy atom. The van der Waals surface area contributed by atoms with E-state index >= 15 is 0 Å². The molecule has 0 unspecified atom stereocenters. The summed E-state index contributed by atoms with van der Waals surface area (Å²) in [5.41, 5.74) is 7.26. The van der Waals surface area contributed by atoms with Gasteiger partial charge in [-0.1, -0.05) is 39.7 Å². The van der Waals surface area contributed by atoms with Gasteiger partial charge in [-0.05, 0) is 29.8 Å². The summed E-state index contributed by atoms with van der Waals surface area (Å²) in [4.78, 5) is 0. The van der Waals surface area contributed by atoms with E-state index in [4.69, 9.17) is 22.1 Å². The van der Waals surface area contributed by atoms with Crippen molar-refractivity contribution >= 4 is 27.5 Å². The van der Waals surface area contributed by atoms with Crippen LogP contribution in [0, 0.1) is 5.82 Å². The van der Waals surface area contributed by atoms with Gasteiger partial charge in [-0.3, -0.25) is 0 Å². The molecule has 2 aromatic rings. The third-order valence-electron chi connectivity index (χ3n) is 2.63. The minimum atomic E-state index is -0.405. The van der Waals surface area contributed by atoms with E-state index in [0.29, 0.717) is 11.6 Å². The lowest BCUT2D eigenvalue weighted by Gasteiger charge is -2.10. The highest BCUT2D eigenvalue weighted by atomic mass is 79.9. The van der Waals surface area contributed by atoms with E-state index in [9.17, 15) is 4.39 Å². The topological polar surface area (TPSA) is 35.2 Å². The van der Waals surface area contributed by atoms with Crippen molar-refractivity contribution in [3.63, 3.8) is 0 Å². The third-order valence-corrected chi connectivity index (χ3v) is 3.47. The summed E-state index contributed by atoms with van der Waals surface area (Å²) < 4.78 is 19.7. The molecule has 5 heteroatoms. The fourth-order valence-corrected chi connectivity index (χ4v) is 2.18. The van der Waals surface area contributed by atoms with Gasteiger partial charge in [0.1, 0.15) is 6.61 Å². The highest BCUT2D eigenvalue weighted by Gasteiger charge is 2.07. The Bertz CT molecular complexity index is 592. The van der Waals surface area contributed by atoms with Crippen LogP contribution in [-0.4, -0.2) is 0 Å². The molecule has 2 nitrogen and oxygen atoms in total. The molecular weight excluding hydrogens is 333 g/mol. The molecule has 0 aliphatic rings. The molecule has 0 bridgehead atoms. The standard InChI is InChI=1S/C14H12BrClFNO/c15-11-3-4-13(17)14(6-11)19-8-10-2-1-9(7-18)5-12(10)16/h1-6H,7-8,18H2. The van der Waals surface area contributed by atoms with E-state index in [1.165, 1.54) is 6.07 Å². The molecule has 0 atom stereocenters. The van der Waals surface area contributed by atoms with E-state index in [1.54, 1.807) is 18.2 Å². The molecule has 0 fully saturated rings. The summed E-state index contributed by atoms with van der Waals surface area (Å²) in [5, 5.41) is 0.568. The molecule has 0 aliphatic heterocycles. The van der Waals surface area contributed by atoms with E-state index in [2.05, 4.69) is 15.9 Å². The number of benzene rings is 2. The van der Waals surface area contributed by atoms with Crippen LogP contribution in [0.4, 0.5) is 4.39 Å². The molecule has 0 spiro atoms. The molecule has 2 N–H and O–H groups in total. The Morgan fingerprint density at radius 3 is 2.68 bits per heavy atom. The fourth-order valence-electron chi connectivity index (χ4n) is 1.58. The molecule has 0 radical (unpaired) electrons. The zero-order valence-electron chi connectivity index (χ0n) is 10.00. The van der Waals surface area contributed by atoms with E-state index in [0.717, 1.165) is 15.6 Å². The fraction of sp³-hybridized carbons (Fsp3) is 0.143. The number of hydrogen-bond acceptors (Lipinski definition) is 2. The molecule has 100 valence electrons. The molecule has 19 heavy (non-hydrogen) atoms. The van der Waals surface area contributed by atoms with Crippen molar-refractivity contribution in [1.82, 2.24) is 0 Å². The summed E-state index contributed by atoms with van der Waals surface area (Å²) in [7, 11) is 0. The Kier molecular flexibility index (Phi) is 4.80. The van der Waals surface area contributed by atoms with Gasteiger partial charge in [0.25, 0.3) is 0 Å². The van der Waals surface area contributed by atoms with Crippen LogP contribution in [0.2, 0.25) is 5.02 Å². The van der Waals surface area contributed by atoms with Gasteiger partial charge >= 0.3 is 0 Å². The molecule has 0 aliphatic carbocycles. The zero-order chi connectivity index (χ0) is 13.8. The van der Waals surface area contributed by atoms with Crippen molar-refractivity contribution < 1.29 is 9.13 Å². The predicted molar refractivity (Wildman–Crippen MR) is 77.8 cm³/mol. The largest absolute Gasteiger partial charge is 0.486 e. The second-order valence-corrected chi connectivity index (χ2v) is 5.32. The number of halogens is 3. The molecular formula is C14H12BrClFNO. The normalized spacial score (nSPS) is 10.5. The summed E-state index contributed by atoms with van der Waals surface area (Å²) >= 11 is 9.38. The summed E-state index contributed by atoms with van der Waals surface area (Å²) in [6, 6.07) is 10.0. The molecule has 0 amide bonds. The lowest BCUT2D eigenvalue weighted by molar-refractivity contribution is 0.290. The Morgan fingerprint density at radius 2 is 2.00 bits per heavy atom. The van der Waals surface area contributed by atoms with E-state index in [1.807, 2.05) is 12.1 Å². The van der Waals surface area contributed by atoms with Gasteiger partial charge in [-0.2, -0.15) is 0 Å². The first-order valence-electron chi connectivity index (χ1n) is 5.65. The predicted octanol–water partition coefficient (Wildman–Crippen LogP) is 4.28. The van der Waals surface area contributed by atoms with Gasteiger partial charge in [-0.15, -0.1) is 0 Å². The first-order chi connectivity index (χ1) is 9.10. The monoisotopic (exact) mass is 343 g/mol. The van der Waals surface area contributed by atoms with Crippen molar-refractivity contribution in [3.05, 3.63) is 62.8 Å². The molecule has 0 heterocycles. The number of nitrogens with two attached hydrogens (primary N) is 1. The van der Waals surface area contributed by atoms with Crippen molar-refractivity contribution in [1.29, 1.82) is 0 Å². The van der Waals surface area contributed by atoms with Crippen LogP contribution in [0.3, 0.4) is 0 Å². The minimum absolute atomic E-state index is 0.188. The number of rotatable bonds is 4. The first-order valence-corrected chi connectivity index (χ1v) is 6.82. The Hall–Kier alpha value is -1.10. The highest BCUT2D eigenvalue weighted by Crippen LogP contribution is 2.25. The second kappa shape index (κ2) is 6.37. The Balaban J connectivity index is 2.12. The van der Waals surface area contributed by atoms with Crippen LogP contribution in [0.15, 0.2) is 40.9 Å². The maximum atomic E-state index is 13.5. The maximum Gasteiger partial charge on any atom is 0.165 e. The van der Waals surface area contributed by atoms with Gasteiger partial charge in [0, 0.05) is 21.6 Å². The molecule has 0 saturated carbocycles. The van der Waals surface area contributed by atoms with Gasteiger partial charge < -0.3 is 10.5 Å². The van der Waals surface area contributed by atoms with Gasteiger partial charge in [0.05, 0.1) is 0 Å². The van der Waals surface area contributed by atoms with Gasteiger partial charge in [-0.25, -0.2) is 4.39 Å². The summed E-state index contributed by atoms with van der Waals surface area (Å²) in [6.45, 7) is 0.637. The maximum absolute atomic E-state index is 13.5.